The minimum atomic E-state index is -3.43. The zero-order valence-electron chi connectivity index (χ0n) is 12.9. The summed E-state index contributed by atoms with van der Waals surface area (Å²) in [6.07, 6.45) is -1.36. The van der Waals surface area contributed by atoms with Gasteiger partial charge in [-0.2, -0.15) is 0 Å². The third-order valence-corrected chi connectivity index (χ3v) is 4.25. The first-order valence-electron chi connectivity index (χ1n) is 6.90. The zero-order chi connectivity index (χ0) is 16.6. The molecule has 7 nitrogen and oxygen atoms in total. The summed E-state index contributed by atoms with van der Waals surface area (Å²) >= 11 is 0. The van der Waals surface area contributed by atoms with E-state index in [1.165, 1.54) is 31.2 Å². The molecule has 0 saturated heterocycles. The first-order valence-corrected chi connectivity index (χ1v) is 8.63. The van der Waals surface area contributed by atoms with Gasteiger partial charge in [0.2, 0.25) is 0 Å². The van der Waals surface area contributed by atoms with Crippen LogP contribution in [0, 0.1) is 0 Å². The van der Waals surface area contributed by atoms with Crippen molar-refractivity contribution in [3.8, 4) is 11.5 Å². The van der Waals surface area contributed by atoms with E-state index >= 15 is 0 Å². The molecule has 0 aliphatic carbocycles. The first-order chi connectivity index (χ1) is 10.4. The number of hydrogen-bond acceptors (Lipinski definition) is 7. The summed E-state index contributed by atoms with van der Waals surface area (Å²) in [6, 6.07) is 5.91. The fourth-order valence-electron chi connectivity index (χ4n) is 1.54. The van der Waals surface area contributed by atoms with Crippen LogP contribution in [0.5, 0.6) is 11.5 Å². The molecular formula is C14H21O7P. The second kappa shape index (κ2) is 8.78. The maximum atomic E-state index is 12.1. The van der Waals surface area contributed by atoms with Gasteiger partial charge in [-0.05, 0) is 45.0 Å². The molecule has 0 unspecified atom stereocenters. The van der Waals surface area contributed by atoms with Crippen molar-refractivity contribution in [2.75, 3.05) is 19.6 Å². The maximum Gasteiger partial charge on any atom is 0.367 e. The second-order valence-corrected chi connectivity index (χ2v) is 6.29. The van der Waals surface area contributed by atoms with Crippen LogP contribution in [0.25, 0.3) is 0 Å². The summed E-state index contributed by atoms with van der Waals surface area (Å²) in [5.74, 6) is -0.190. The summed E-state index contributed by atoms with van der Waals surface area (Å²) in [4.78, 5) is 11.8. The Bertz CT molecular complexity index is 504. The maximum absolute atomic E-state index is 12.1. The molecule has 0 saturated carbocycles. The van der Waals surface area contributed by atoms with E-state index in [9.17, 15) is 9.36 Å². The molecule has 0 heterocycles. The number of phenols is 1. The molecule has 8 heteroatoms. The molecule has 1 aromatic rings. The first kappa shape index (κ1) is 18.5. The van der Waals surface area contributed by atoms with Crippen LogP contribution < -0.4 is 4.74 Å². The number of rotatable bonds is 9. The van der Waals surface area contributed by atoms with Gasteiger partial charge in [-0.3, -0.25) is 4.57 Å². The molecule has 1 rings (SSSR count). The number of benzene rings is 1. The fourth-order valence-corrected chi connectivity index (χ4v) is 2.84. The molecule has 22 heavy (non-hydrogen) atoms. The Morgan fingerprint density at radius 2 is 1.73 bits per heavy atom. The largest absolute Gasteiger partial charge is 0.508 e. The molecule has 1 aromatic carbocycles. The third-order valence-electron chi connectivity index (χ3n) is 2.50. The lowest BCUT2D eigenvalue weighted by atomic mass is 10.3. The SMILES string of the molecule is CCOP(=O)(COC(=O)[C@@H](C)Oc1ccc(O)cc1)OCC. The van der Waals surface area contributed by atoms with Gasteiger partial charge in [-0.25, -0.2) is 4.79 Å². The van der Waals surface area contributed by atoms with Gasteiger partial charge in [0.25, 0.3) is 0 Å². The van der Waals surface area contributed by atoms with Crippen LogP contribution in [0.4, 0.5) is 0 Å². The standard InChI is InChI=1S/C14H21O7P/c1-4-19-22(17,20-5-2)10-18-14(16)11(3)21-13-8-6-12(15)7-9-13/h6-9,11,15H,4-5,10H2,1-3H3/t11-/m1/s1. The van der Waals surface area contributed by atoms with Crippen molar-refractivity contribution < 1.29 is 33.0 Å². The number of hydrogen-bond donors (Lipinski definition) is 1. The predicted molar refractivity (Wildman–Crippen MR) is 80.0 cm³/mol. The Hall–Kier alpha value is -1.56. The number of aromatic hydroxyl groups is 1. The van der Waals surface area contributed by atoms with Crippen LogP contribution in [0.2, 0.25) is 0 Å². The van der Waals surface area contributed by atoms with Crippen LogP contribution in [0.15, 0.2) is 24.3 Å². The van der Waals surface area contributed by atoms with Crippen molar-refractivity contribution in [1.82, 2.24) is 0 Å². The van der Waals surface area contributed by atoms with Crippen molar-refractivity contribution in [3.05, 3.63) is 24.3 Å². The summed E-state index contributed by atoms with van der Waals surface area (Å²) in [5.41, 5.74) is 0. The monoisotopic (exact) mass is 332 g/mol. The molecule has 0 amide bonds. The molecule has 0 aliphatic heterocycles. The highest BCUT2D eigenvalue weighted by Gasteiger charge is 2.27. The Balaban J connectivity index is 2.52. The van der Waals surface area contributed by atoms with E-state index in [0.29, 0.717) is 5.75 Å². The van der Waals surface area contributed by atoms with Crippen molar-refractivity contribution in [1.29, 1.82) is 0 Å². The zero-order valence-corrected chi connectivity index (χ0v) is 13.7. The van der Waals surface area contributed by atoms with E-state index in [1.807, 2.05) is 0 Å². The average molecular weight is 332 g/mol. The highest BCUT2D eigenvalue weighted by Crippen LogP contribution is 2.47. The lowest BCUT2D eigenvalue weighted by Gasteiger charge is -2.18. The molecule has 0 fully saturated rings. The number of phenolic OH excluding ortho intramolecular Hbond substituents is 1. The van der Waals surface area contributed by atoms with Crippen LogP contribution in [-0.2, 0) is 23.1 Å². The molecule has 0 bridgehead atoms. The van der Waals surface area contributed by atoms with E-state index in [1.54, 1.807) is 13.8 Å². The number of ether oxygens (including phenoxy) is 2. The van der Waals surface area contributed by atoms with E-state index in [-0.39, 0.29) is 19.0 Å². The number of carbonyl (C=O) groups is 1. The van der Waals surface area contributed by atoms with Crippen molar-refractivity contribution in [2.24, 2.45) is 0 Å². The molecule has 0 spiro atoms. The van der Waals surface area contributed by atoms with Gasteiger partial charge in [0.15, 0.2) is 12.5 Å². The summed E-state index contributed by atoms with van der Waals surface area (Å²) in [5, 5.41) is 9.17. The van der Waals surface area contributed by atoms with E-state index in [4.69, 9.17) is 23.6 Å². The van der Waals surface area contributed by atoms with Crippen LogP contribution in [0.3, 0.4) is 0 Å². The molecule has 0 aromatic heterocycles. The van der Waals surface area contributed by atoms with E-state index in [0.717, 1.165) is 0 Å². The molecule has 1 N–H and O–H groups in total. The molecule has 1 atom stereocenters. The van der Waals surface area contributed by atoms with Crippen LogP contribution >= 0.6 is 7.60 Å². The quantitative estimate of drug-likeness (QED) is 0.549. The van der Waals surface area contributed by atoms with Gasteiger partial charge in [0.1, 0.15) is 11.5 Å². The van der Waals surface area contributed by atoms with Crippen LogP contribution in [0.1, 0.15) is 20.8 Å². The van der Waals surface area contributed by atoms with Gasteiger partial charge >= 0.3 is 13.6 Å². The lowest BCUT2D eigenvalue weighted by molar-refractivity contribution is -0.149. The number of esters is 1. The molecule has 0 aliphatic rings. The highest BCUT2D eigenvalue weighted by molar-refractivity contribution is 7.53. The second-order valence-electron chi connectivity index (χ2n) is 4.29. The van der Waals surface area contributed by atoms with E-state index < -0.39 is 26.0 Å². The van der Waals surface area contributed by atoms with Crippen molar-refractivity contribution in [2.45, 2.75) is 26.9 Å². The average Bonchev–Trinajstić information content (AvgIpc) is 2.47. The van der Waals surface area contributed by atoms with Crippen molar-refractivity contribution in [3.63, 3.8) is 0 Å². The normalized spacial score (nSPS) is 12.7. The van der Waals surface area contributed by atoms with E-state index in [2.05, 4.69) is 0 Å². The summed E-state index contributed by atoms with van der Waals surface area (Å²) in [6.45, 7) is 5.22. The fraction of sp³-hybridized carbons (Fsp3) is 0.500. The third kappa shape index (κ3) is 6.05. The lowest BCUT2D eigenvalue weighted by Crippen LogP contribution is -2.26. The molecule has 124 valence electrons. The van der Waals surface area contributed by atoms with Gasteiger partial charge < -0.3 is 23.6 Å². The summed E-state index contributed by atoms with van der Waals surface area (Å²) < 4.78 is 32.5. The minimum Gasteiger partial charge on any atom is -0.508 e. The highest BCUT2D eigenvalue weighted by atomic mass is 31.2. The number of carbonyl (C=O) groups excluding carboxylic acids is 1. The Morgan fingerprint density at radius 3 is 2.23 bits per heavy atom. The smallest absolute Gasteiger partial charge is 0.367 e. The Labute approximate surface area is 129 Å². The molecule has 0 radical (unpaired) electrons. The summed E-state index contributed by atoms with van der Waals surface area (Å²) in [7, 11) is -3.43. The van der Waals surface area contributed by atoms with Gasteiger partial charge in [0, 0.05) is 0 Å². The van der Waals surface area contributed by atoms with Gasteiger partial charge in [-0.1, -0.05) is 0 Å². The van der Waals surface area contributed by atoms with Crippen LogP contribution in [-0.4, -0.2) is 36.7 Å². The van der Waals surface area contributed by atoms with Crippen molar-refractivity contribution >= 4 is 13.6 Å². The van der Waals surface area contributed by atoms with Gasteiger partial charge in [-0.15, -0.1) is 0 Å². The molecular weight excluding hydrogens is 311 g/mol. The Kier molecular flexibility index (Phi) is 7.38. The Morgan fingerprint density at radius 1 is 1.18 bits per heavy atom. The topological polar surface area (TPSA) is 91.3 Å². The predicted octanol–water partition coefficient (Wildman–Crippen LogP) is 2.93. The van der Waals surface area contributed by atoms with Gasteiger partial charge in [0.05, 0.1) is 13.2 Å². The minimum absolute atomic E-state index is 0.0944.